The Kier molecular flexibility index (Phi) is 1.95. The topological polar surface area (TPSA) is 42.2 Å². The molecule has 2 aromatic heterocycles. The van der Waals surface area contributed by atoms with Gasteiger partial charge in [-0.1, -0.05) is 0 Å². The van der Waals surface area contributed by atoms with Crippen molar-refractivity contribution in [2.75, 3.05) is 13.1 Å². The summed E-state index contributed by atoms with van der Waals surface area (Å²) in [6, 6.07) is 1.96. The summed E-state index contributed by atoms with van der Waals surface area (Å²) in [4.78, 5) is 8.80. The third-order valence-electron chi connectivity index (χ3n) is 3.15. The Balaban J connectivity index is 2.14. The molecule has 1 fully saturated rings. The molecule has 1 aliphatic rings. The lowest BCUT2D eigenvalue weighted by Gasteiger charge is -2.05. The smallest absolute Gasteiger partial charge is 0.139 e. The van der Waals surface area contributed by atoms with Crippen LogP contribution in [-0.4, -0.2) is 27.5 Å². The van der Waals surface area contributed by atoms with Crippen molar-refractivity contribution in [1.82, 2.24) is 19.7 Å². The molecular formula is C11H14N4. The molecule has 1 N–H and O–H groups in total. The first-order chi connectivity index (χ1) is 7.36. The van der Waals surface area contributed by atoms with Crippen LogP contribution >= 0.6 is 0 Å². The van der Waals surface area contributed by atoms with Crippen LogP contribution in [0.5, 0.6) is 0 Å². The molecule has 3 rings (SSSR count). The zero-order valence-electron chi connectivity index (χ0n) is 8.77. The number of aromatic nitrogens is 3. The van der Waals surface area contributed by atoms with E-state index in [9.17, 15) is 0 Å². The monoisotopic (exact) mass is 202 g/mol. The van der Waals surface area contributed by atoms with Gasteiger partial charge >= 0.3 is 0 Å². The van der Waals surface area contributed by atoms with Gasteiger partial charge in [-0.2, -0.15) is 0 Å². The summed E-state index contributed by atoms with van der Waals surface area (Å²) in [5, 5.41) is 3.38. The Morgan fingerprint density at radius 2 is 2.47 bits per heavy atom. The van der Waals surface area contributed by atoms with Crippen LogP contribution in [0.3, 0.4) is 0 Å². The quantitative estimate of drug-likeness (QED) is 0.753. The molecule has 1 atom stereocenters. The van der Waals surface area contributed by atoms with Gasteiger partial charge in [0.2, 0.25) is 0 Å². The van der Waals surface area contributed by atoms with E-state index in [4.69, 9.17) is 0 Å². The van der Waals surface area contributed by atoms with Crippen molar-refractivity contribution in [3.63, 3.8) is 0 Å². The maximum absolute atomic E-state index is 4.68. The molecule has 0 aromatic carbocycles. The number of imidazole rings is 1. The first-order valence-electron chi connectivity index (χ1n) is 5.35. The molecule has 0 spiro atoms. The van der Waals surface area contributed by atoms with Crippen molar-refractivity contribution < 1.29 is 0 Å². The number of rotatable bonds is 1. The largest absolute Gasteiger partial charge is 0.316 e. The van der Waals surface area contributed by atoms with E-state index in [-0.39, 0.29) is 0 Å². The van der Waals surface area contributed by atoms with E-state index in [1.165, 1.54) is 17.8 Å². The number of nitrogens with zero attached hydrogens (tertiary/aromatic N) is 3. The molecule has 1 unspecified atom stereocenters. The van der Waals surface area contributed by atoms with E-state index >= 15 is 0 Å². The van der Waals surface area contributed by atoms with Crippen molar-refractivity contribution in [2.45, 2.75) is 19.3 Å². The summed E-state index contributed by atoms with van der Waals surface area (Å²) in [6.45, 7) is 4.28. The first kappa shape index (κ1) is 8.85. The van der Waals surface area contributed by atoms with Gasteiger partial charge in [0.1, 0.15) is 12.0 Å². The fourth-order valence-corrected chi connectivity index (χ4v) is 2.31. The molecule has 15 heavy (non-hydrogen) atoms. The molecule has 4 nitrogen and oxygen atoms in total. The van der Waals surface area contributed by atoms with Gasteiger partial charge < -0.3 is 5.32 Å². The van der Waals surface area contributed by atoms with E-state index in [0.29, 0.717) is 5.92 Å². The maximum atomic E-state index is 4.68. The molecule has 2 aromatic rings. The summed E-state index contributed by atoms with van der Waals surface area (Å²) in [7, 11) is 0. The van der Waals surface area contributed by atoms with E-state index in [1.54, 1.807) is 6.20 Å². The molecule has 0 aliphatic carbocycles. The lowest BCUT2D eigenvalue weighted by molar-refractivity contribution is 0.733. The van der Waals surface area contributed by atoms with Crippen molar-refractivity contribution >= 4 is 5.65 Å². The third-order valence-corrected chi connectivity index (χ3v) is 3.15. The average molecular weight is 202 g/mol. The summed E-state index contributed by atoms with van der Waals surface area (Å²) in [6.07, 6.45) is 4.82. The number of hydrogen-bond acceptors (Lipinski definition) is 3. The van der Waals surface area contributed by atoms with Crippen LogP contribution in [0.15, 0.2) is 18.6 Å². The Morgan fingerprint density at radius 3 is 3.20 bits per heavy atom. The Hall–Kier alpha value is -1.42. The summed E-state index contributed by atoms with van der Waals surface area (Å²) >= 11 is 0. The minimum atomic E-state index is 0.574. The van der Waals surface area contributed by atoms with Gasteiger partial charge in [0, 0.05) is 24.4 Å². The van der Waals surface area contributed by atoms with Crippen LogP contribution in [-0.2, 0) is 0 Å². The molecule has 1 aliphatic heterocycles. The van der Waals surface area contributed by atoms with Gasteiger partial charge in [-0.05, 0) is 26.0 Å². The molecule has 3 heterocycles. The van der Waals surface area contributed by atoms with Crippen molar-refractivity contribution in [3.05, 3.63) is 30.0 Å². The number of hydrogen-bond donors (Lipinski definition) is 1. The minimum Gasteiger partial charge on any atom is -0.316 e. The van der Waals surface area contributed by atoms with E-state index in [1.807, 2.05) is 12.4 Å². The van der Waals surface area contributed by atoms with Gasteiger partial charge in [0.25, 0.3) is 0 Å². The van der Waals surface area contributed by atoms with Gasteiger partial charge in [-0.25, -0.2) is 9.97 Å². The summed E-state index contributed by atoms with van der Waals surface area (Å²) in [5.41, 5.74) is 3.46. The lowest BCUT2D eigenvalue weighted by atomic mass is 10.0. The average Bonchev–Trinajstić information content (AvgIpc) is 2.87. The third kappa shape index (κ3) is 1.33. The van der Waals surface area contributed by atoms with Crippen molar-refractivity contribution in [3.8, 4) is 0 Å². The predicted octanol–water partition coefficient (Wildman–Crippen LogP) is 1.11. The van der Waals surface area contributed by atoms with Crippen molar-refractivity contribution in [1.29, 1.82) is 0 Å². The molecule has 0 bridgehead atoms. The fourth-order valence-electron chi connectivity index (χ4n) is 2.31. The second-order valence-electron chi connectivity index (χ2n) is 4.08. The highest BCUT2D eigenvalue weighted by molar-refractivity contribution is 5.42. The number of aryl methyl sites for hydroxylation is 1. The molecular weight excluding hydrogens is 188 g/mol. The molecule has 0 radical (unpaired) electrons. The van der Waals surface area contributed by atoms with Gasteiger partial charge in [0.05, 0.1) is 5.69 Å². The molecule has 0 amide bonds. The predicted molar refractivity (Wildman–Crippen MR) is 58.0 cm³/mol. The normalized spacial score (nSPS) is 21.3. The van der Waals surface area contributed by atoms with E-state index in [0.717, 1.165) is 18.7 Å². The van der Waals surface area contributed by atoms with Gasteiger partial charge in [0.15, 0.2) is 0 Å². The zero-order valence-corrected chi connectivity index (χ0v) is 8.77. The maximum Gasteiger partial charge on any atom is 0.139 e. The van der Waals surface area contributed by atoms with Crippen LogP contribution < -0.4 is 5.32 Å². The van der Waals surface area contributed by atoms with Crippen LogP contribution in [0.2, 0.25) is 0 Å². The Labute approximate surface area is 88.4 Å². The first-order valence-corrected chi connectivity index (χ1v) is 5.35. The second-order valence-corrected chi connectivity index (χ2v) is 4.08. The van der Waals surface area contributed by atoms with Crippen LogP contribution in [0, 0.1) is 6.92 Å². The molecule has 78 valence electrons. The molecule has 4 heteroatoms. The van der Waals surface area contributed by atoms with Crippen LogP contribution in [0.4, 0.5) is 0 Å². The van der Waals surface area contributed by atoms with Crippen LogP contribution in [0.1, 0.15) is 23.7 Å². The minimum absolute atomic E-state index is 0.574. The molecule has 1 saturated heterocycles. The lowest BCUT2D eigenvalue weighted by Crippen LogP contribution is -2.08. The van der Waals surface area contributed by atoms with Gasteiger partial charge in [-0.15, -0.1) is 0 Å². The summed E-state index contributed by atoms with van der Waals surface area (Å²) in [5.74, 6) is 0.574. The standard InChI is InChI=1S/C11H14N4/c1-8-11(9-2-4-12-6-9)14-10-3-5-13-7-15(8)10/h3,5,7,9,12H,2,4,6H2,1H3. The Bertz CT molecular complexity index is 482. The van der Waals surface area contributed by atoms with E-state index < -0.39 is 0 Å². The highest BCUT2D eigenvalue weighted by Gasteiger charge is 2.22. The number of fused-ring (bicyclic) bond motifs is 1. The van der Waals surface area contributed by atoms with Crippen LogP contribution in [0.25, 0.3) is 5.65 Å². The SMILES string of the molecule is Cc1c(C2CCNC2)nc2ccncn12. The van der Waals surface area contributed by atoms with Crippen molar-refractivity contribution in [2.24, 2.45) is 0 Å². The molecule has 0 saturated carbocycles. The number of nitrogens with one attached hydrogen (secondary N) is 1. The van der Waals surface area contributed by atoms with Gasteiger partial charge in [-0.3, -0.25) is 4.40 Å². The Morgan fingerprint density at radius 1 is 1.53 bits per heavy atom. The summed E-state index contributed by atoms with van der Waals surface area (Å²) < 4.78 is 2.06. The fraction of sp³-hybridized carbons (Fsp3) is 0.455. The van der Waals surface area contributed by atoms with E-state index in [2.05, 4.69) is 26.6 Å². The second kappa shape index (κ2) is 3.31. The highest BCUT2D eigenvalue weighted by Crippen LogP contribution is 2.24. The zero-order chi connectivity index (χ0) is 10.3. The highest BCUT2D eigenvalue weighted by atomic mass is 15.1.